The Balaban J connectivity index is 1.68. The summed E-state index contributed by atoms with van der Waals surface area (Å²) in [6.07, 6.45) is 1.13. The zero-order chi connectivity index (χ0) is 23.6. The van der Waals surface area contributed by atoms with Crippen molar-refractivity contribution in [3.05, 3.63) is 90.0 Å². The van der Waals surface area contributed by atoms with Crippen molar-refractivity contribution in [2.75, 3.05) is 24.3 Å². The molecule has 0 aliphatic carbocycles. The number of hydrogen-bond donors (Lipinski definition) is 2. The Bertz CT molecular complexity index is 1030. The summed E-state index contributed by atoms with van der Waals surface area (Å²) < 4.78 is 5.18. The highest BCUT2D eigenvalue weighted by molar-refractivity contribution is 5.92. The molecule has 0 heterocycles. The maximum atomic E-state index is 13.2. The van der Waals surface area contributed by atoms with Gasteiger partial charge in [0.2, 0.25) is 5.91 Å². The number of anilines is 2. The second-order valence-electron chi connectivity index (χ2n) is 7.79. The van der Waals surface area contributed by atoms with E-state index in [9.17, 15) is 9.59 Å². The molecule has 1 atom stereocenters. The highest BCUT2D eigenvalue weighted by Crippen LogP contribution is 2.23. The number of rotatable bonds is 9. The Labute approximate surface area is 195 Å². The molecule has 0 aromatic heterocycles. The summed E-state index contributed by atoms with van der Waals surface area (Å²) in [6, 6.07) is 24.3. The lowest BCUT2D eigenvalue weighted by atomic mass is 10.1. The second kappa shape index (κ2) is 11.7. The van der Waals surface area contributed by atoms with E-state index in [0.717, 1.165) is 17.7 Å². The summed E-state index contributed by atoms with van der Waals surface area (Å²) >= 11 is 0. The van der Waals surface area contributed by atoms with Crippen LogP contribution in [0.5, 0.6) is 5.75 Å². The van der Waals surface area contributed by atoms with Gasteiger partial charge in [-0.1, -0.05) is 49.4 Å². The summed E-state index contributed by atoms with van der Waals surface area (Å²) in [6.45, 7) is 4.33. The van der Waals surface area contributed by atoms with Crippen LogP contribution in [0, 0.1) is 0 Å². The van der Waals surface area contributed by atoms with Crippen molar-refractivity contribution in [2.45, 2.75) is 32.7 Å². The Kier molecular flexibility index (Phi) is 8.47. The van der Waals surface area contributed by atoms with Crippen molar-refractivity contribution in [1.29, 1.82) is 0 Å². The SMILES string of the molecule is CCc1ccc(NC(=O)CCN(C(=O)Nc2ccc(OC)cc2)C(C)c2ccccc2)cc1. The number of ether oxygens (including phenoxy) is 1. The zero-order valence-electron chi connectivity index (χ0n) is 19.4. The molecular weight excluding hydrogens is 414 g/mol. The summed E-state index contributed by atoms with van der Waals surface area (Å²) in [5.41, 5.74) is 3.62. The maximum Gasteiger partial charge on any atom is 0.322 e. The van der Waals surface area contributed by atoms with Gasteiger partial charge in [0.15, 0.2) is 0 Å². The molecule has 33 heavy (non-hydrogen) atoms. The van der Waals surface area contributed by atoms with Crippen LogP contribution in [0.3, 0.4) is 0 Å². The number of benzene rings is 3. The third-order valence-corrected chi connectivity index (χ3v) is 5.58. The number of hydrogen-bond acceptors (Lipinski definition) is 3. The van der Waals surface area contributed by atoms with Crippen molar-refractivity contribution in [3.8, 4) is 5.75 Å². The molecule has 172 valence electrons. The number of amides is 3. The average Bonchev–Trinajstić information content (AvgIpc) is 2.85. The molecular formula is C27H31N3O3. The van der Waals surface area contributed by atoms with Gasteiger partial charge in [-0.25, -0.2) is 4.79 Å². The lowest BCUT2D eigenvalue weighted by molar-refractivity contribution is -0.116. The standard InChI is InChI=1S/C27H31N3O3/c1-4-21-10-12-23(13-11-21)28-26(31)18-19-30(20(2)22-8-6-5-7-9-22)27(32)29-24-14-16-25(33-3)17-15-24/h5-17,20H,4,18-19H2,1-3H3,(H,28,31)(H,29,32). The van der Waals surface area contributed by atoms with Crippen molar-refractivity contribution >= 4 is 23.3 Å². The van der Waals surface area contributed by atoms with Gasteiger partial charge in [-0.15, -0.1) is 0 Å². The van der Waals surface area contributed by atoms with Crippen molar-refractivity contribution in [2.24, 2.45) is 0 Å². The number of aryl methyl sites for hydroxylation is 1. The third-order valence-electron chi connectivity index (χ3n) is 5.58. The number of urea groups is 1. The molecule has 3 rings (SSSR count). The zero-order valence-corrected chi connectivity index (χ0v) is 19.4. The summed E-state index contributed by atoms with van der Waals surface area (Å²) in [7, 11) is 1.60. The summed E-state index contributed by atoms with van der Waals surface area (Å²) in [4.78, 5) is 27.5. The van der Waals surface area contributed by atoms with E-state index in [1.165, 1.54) is 5.56 Å². The van der Waals surface area contributed by atoms with Crippen LogP contribution in [-0.4, -0.2) is 30.5 Å². The van der Waals surface area contributed by atoms with Gasteiger partial charge < -0.3 is 20.3 Å². The van der Waals surface area contributed by atoms with E-state index in [1.54, 1.807) is 36.3 Å². The Morgan fingerprint density at radius 2 is 1.48 bits per heavy atom. The summed E-state index contributed by atoms with van der Waals surface area (Å²) in [5.74, 6) is 0.577. The number of carbonyl (C=O) groups is 2. The van der Waals surface area contributed by atoms with Gasteiger partial charge in [-0.05, 0) is 60.9 Å². The molecule has 0 saturated heterocycles. The van der Waals surface area contributed by atoms with E-state index in [4.69, 9.17) is 4.74 Å². The van der Waals surface area contributed by atoms with Crippen molar-refractivity contribution < 1.29 is 14.3 Å². The molecule has 0 saturated carbocycles. The van der Waals surface area contributed by atoms with Gasteiger partial charge in [0.1, 0.15) is 5.75 Å². The quantitative estimate of drug-likeness (QED) is 0.432. The minimum Gasteiger partial charge on any atom is -0.497 e. The fraction of sp³-hybridized carbons (Fsp3) is 0.259. The monoisotopic (exact) mass is 445 g/mol. The van der Waals surface area contributed by atoms with Gasteiger partial charge in [0.25, 0.3) is 0 Å². The molecule has 0 radical (unpaired) electrons. The Hall–Kier alpha value is -3.80. The van der Waals surface area contributed by atoms with Crippen LogP contribution in [-0.2, 0) is 11.2 Å². The minimum atomic E-state index is -0.267. The lowest BCUT2D eigenvalue weighted by Crippen LogP contribution is -2.39. The first-order chi connectivity index (χ1) is 16.0. The number of methoxy groups -OCH3 is 1. The van der Waals surface area contributed by atoms with Gasteiger partial charge in [0.05, 0.1) is 13.2 Å². The smallest absolute Gasteiger partial charge is 0.322 e. The Morgan fingerprint density at radius 3 is 2.09 bits per heavy atom. The lowest BCUT2D eigenvalue weighted by Gasteiger charge is -2.29. The molecule has 6 nitrogen and oxygen atoms in total. The molecule has 0 bridgehead atoms. The van der Waals surface area contributed by atoms with Crippen LogP contribution in [0.1, 0.15) is 37.4 Å². The van der Waals surface area contributed by atoms with E-state index in [-0.39, 0.29) is 30.9 Å². The van der Waals surface area contributed by atoms with E-state index >= 15 is 0 Å². The van der Waals surface area contributed by atoms with Crippen LogP contribution < -0.4 is 15.4 Å². The third kappa shape index (κ3) is 6.84. The summed E-state index contributed by atoms with van der Waals surface area (Å²) in [5, 5.41) is 5.85. The van der Waals surface area contributed by atoms with E-state index < -0.39 is 0 Å². The molecule has 6 heteroatoms. The molecule has 3 amide bonds. The molecule has 3 aromatic rings. The molecule has 2 N–H and O–H groups in total. The maximum absolute atomic E-state index is 13.2. The predicted molar refractivity (Wildman–Crippen MR) is 133 cm³/mol. The second-order valence-corrected chi connectivity index (χ2v) is 7.79. The number of nitrogens with zero attached hydrogens (tertiary/aromatic N) is 1. The van der Waals surface area contributed by atoms with Gasteiger partial charge >= 0.3 is 6.03 Å². The molecule has 0 fully saturated rings. The van der Waals surface area contributed by atoms with Crippen molar-refractivity contribution in [3.63, 3.8) is 0 Å². The van der Waals surface area contributed by atoms with Gasteiger partial charge in [-0.2, -0.15) is 0 Å². The molecule has 0 aliphatic heterocycles. The van der Waals surface area contributed by atoms with Gasteiger partial charge in [0, 0.05) is 24.3 Å². The van der Waals surface area contributed by atoms with Crippen LogP contribution in [0.2, 0.25) is 0 Å². The van der Waals surface area contributed by atoms with Crippen molar-refractivity contribution in [1.82, 2.24) is 4.90 Å². The first-order valence-electron chi connectivity index (χ1n) is 11.2. The van der Waals surface area contributed by atoms with Gasteiger partial charge in [-0.3, -0.25) is 4.79 Å². The van der Waals surface area contributed by atoms with E-state index in [2.05, 4.69) is 17.6 Å². The number of nitrogens with one attached hydrogen (secondary N) is 2. The molecule has 3 aromatic carbocycles. The minimum absolute atomic E-state index is 0.137. The van der Waals surface area contributed by atoms with Crippen LogP contribution >= 0.6 is 0 Å². The number of carbonyl (C=O) groups excluding carboxylic acids is 2. The average molecular weight is 446 g/mol. The normalized spacial score (nSPS) is 11.4. The molecule has 0 aliphatic rings. The predicted octanol–water partition coefficient (Wildman–Crippen LogP) is 5.88. The van der Waals surface area contributed by atoms with E-state index in [0.29, 0.717) is 11.4 Å². The Morgan fingerprint density at radius 1 is 0.879 bits per heavy atom. The largest absolute Gasteiger partial charge is 0.497 e. The highest BCUT2D eigenvalue weighted by Gasteiger charge is 2.22. The molecule has 0 spiro atoms. The first kappa shape index (κ1) is 23.9. The van der Waals surface area contributed by atoms with Crippen LogP contribution in [0.25, 0.3) is 0 Å². The van der Waals surface area contributed by atoms with Crippen LogP contribution in [0.4, 0.5) is 16.2 Å². The fourth-order valence-corrected chi connectivity index (χ4v) is 3.52. The fourth-order valence-electron chi connectivity index (χ4n) is 3.52. The first-order valence-corrected chi connectivity index (χ1v) is 11.2. The topological polar surface area (TPSA) is 70.7 Å². The van der Waals surface area contributed by atoms with E-state index in [1.807, 2.05) is 61.5 Å². The highest BCUT2D eigenvalue weighted by atomic mass is 16.5. The molecule has 1 unspecified atom stereocenters. The van der Waals surface area contributed by atoms with Crippen LogP contribution in [0.15, 0.2) is 78.9 Å².